The Hall–Kier alpha value is -2.32. The molecule has 2 aromatic carbocycles. The summed E-state index contributed by atoms with van der Waals surface area (Å²) < 4.78 is 38.5. The minimum atomic E-state index is -2.57. The van der Waals surface area contributed by atoms with Crippen molar-refractivity contribution in [2.45, 2.75) is 17.1 Å². The first kappa shape index (κ1) is 18.5. The number of thioether (sulfide) groups is 1. The molecule has 0 saturated heterocycles. The van der Waals surface area contributed by atoms with E-state index >= 15 is 0 Å². The molecule has 26 heavy (non-hydrogen) atoms. The maximum atomic E-state index is 13.3. The number of rotatable bonds is 6. The first-order valence-electron chi connectivity index (χ1n) is 7.55. The normalized spacial score (nSPS) is 10.9. The Balaban J connectivity index is 1.68. The van der Waals surface area contributed by atoms with Gasteiger partial charge in [0.05, 0.1) is 17.8 Å². The van der Waals surface area contributed by atoms with E-state index in [0.29, 0.717) is 38.6 Å². The van der Waals surface area contributed by atoms with Gasteiger partial charge in [0.25, 0.3) is 5.76 Å². The maximum absolute atomic E-state index is 13.3. The molecule has 3 rings (SSSR count). The van der Waals surface area contributed by atoms with Crippen LogP contribution in [0.2, 0.25) is 0 Å². The van der Waals surface area contributed by atoms with Crippen molar-refractivity contribution in [2.24, 2.45) is 0 Å². The lowest BCUT2D eigenvalue weighted by atomic mass is 10.2. The minimum absolute atomic E-state index is 0.000501. The van der Waals surface area contributed by atoms with E-state index in [1.54, 1.807) is 35.7 Å². The number of carbonyl (C=O) groups excluding carboxylic acids is 1. The van der Waals surface area contributed by atoms with Crippen molar-refractivity contribution in [3.63, 3.8) is 0 Å². The van der Waals surface area contributed by atoms with Gasteiger partial charge in [-0.3, -0.25) is 4.79 Å². The highest BCUT2D eigenvalue weighted by molar-refractivity contribution is 7.99. The van der Waals surface area contributed by atoms with Gasteiger partial charge in [-0.15, -0.1) is 11.3 Å². The summed E-state index contributed by atoms with van der Waals surface area (Å²) in [6.45, 7) is 0. The van der Waals surface area contributed by atoms with Gasteiger partial charge in [-0.05, 0) is 24.3 Å². The van der Waals surface area contributed by atoms with Gasteiger partial charge in [0.1, 0.15) is 10.8 Å². The zero-order valence-electron chi connectivity index (χ0n) is 13.3. The first-order valence-corrected chi connectivity index (χ1v) is 9.31. The topological polar surface area (TPSA) is 42.0 Å². The molecule has 0 aliphatic heterocycles. The Kier molecular flexibility index (Phi) is 5.95. The lowest BCUT2D eigenvalue weighted by Crippen LogP contribution is -2.15. The molecule has 0 radical (unpaired) electrons. The summed E-state index contributed by atoms with van der Waals surface area (Å²) in [6.07, 6.45) is -0.000501. The molecule has 8 heteroatoms. The number of nitrogens with zero attached hydrogens (tertiary/aromatic N) is 1. The van der Waals surface area contributed by atoms with Crippen LogP contribution < -0.4 is 5.32 Å². The average molecular weight is 394 g/mol. The molecule has 1 amide bonds. The third-order valence-corrected chi connectivity index (χ3v) is 5.07. The zero-order valence-corrected chi connectivity index (χ0v) is 14.9. The summed E-state index contributed by atoms with van der Waals surface area (Å²) >= 11 is 1.69. The van der Waals surface area contributed by atoms with Crippen LogP contribution in [0.25, 0.3) is 10.6 Å². The predicted molar refractivity (Wildman–Crippen MR) is 98.1 cm³/mol. The molecule has 1 N–H and O–H groups in total. The second-order valence-electron chi connectivity index (χ2n) is 5.25. The number of aromatic nitrogens is 1. The third-order valence-electron chi connectivity index (χ3n) is 3.34. The van der Waals surface area contributed by atoms with E-state index in [-0.39, 0.29) is 18.1 Å². The fourth-order valence-corrected chi connectivity index (χ4v) is 3.68. The quantitative estimate of drug-likeness (QED) is 0.566. The van der Waals surface area contributed by atoms with Crippen molar-refractivity contribution < 1.29 is 18.0 Å². The van der Waals surface area contributed by atoms with Gasteiger partial charge in [0, 0.05) is 15.8 Å². The molecule has 0 bridgehead atoms. The fraction of sp³-hybridized carbons (Fsp3) is 0.111. The molecule has 0 saturated carbocycles. The largest absolute Gasteiger partial charge is 0.325 e. The third kappa shape index (κ3) is 4.86. The number of benzene rings is 2. The van der Waals surface area contributed by atoms with Gasteiger partial charge in [-0.1, -0.05) is 36.0 Å². The van der Waals surface area contributed by atoms with Crippen LogP contribution in [0.15, 0.2) is 58.8 Å². The summed E-state index contributed by atoms with van der Waals surface area (Å²) in [5.41, 5.74) is 1.51. The second kappa shape index (κ2) is 8.37. The van der Waals surface area contributed by atoms with Crippen molar-refractivity contribution in [1.29, 1.82) is 0 Å². The molecular weight excluding hydrogens is 381 g/mol. The first-order chi connectivity index (χ1) is 12.5. The second-order valence-corrected chi connectivity index (χ2v) is 7.14. The van der Waals surface area contributed by atoms with Crippen LogP contribution in [0.4, 0.5) is 18.9 Å². The number of anilines is 1. The Morgan fingerprint density at radius 3 is 2.77 bits per heavy atom. The van der Waals surface area contributed by atoms with Crippen LogP contribution >= 0.6 is 23.1 Å². The van der Waals surface area contributed by atoms with Gasteiger partial charge >= 0.3 is 0 Å². The van der Waals surface area contributed by atoms with Crippen molar-refractivity contribution in [1.82, 2.24) is 4.98 Å². The van der Waals surface area contributed by atoms with E-state index in [1.807, 2.05) is 0 Å². The van der Waals surface area contributed by atoms with E-state index in [9.17, 15) is 18.0 Å². The van der Waals surface area contributed by atoms with Gasteiger partial charge < -0.3 is 5.32 Å². The van der Waals surface area contributed by atoms with Crippen molar-refractivity contribution in [3.8, 4) is 10.6 Å². The summed E-state index contributed by atoms with van der Waals surface area (Å²) in [5, 5.41) is 4.97. The predicted octanol–water partition coefficient (Wildman–Crippen LogP) is 5.45. The maximum Gasteiger partial charge on any atom is 0.288 e. The summed E-state index contributed by atoms with van der Waals surface area (Å²) in [5.74, 6) is -3.28. The van der Waals surface area contributed by atoms with Gasteiger partial charge in [0.2, 0.25) is 5.91 Å². The fourth-order valence-electron chi connectivity index (χ4n) is 2.27. The van der Waals surface area contributed by atoms with Crippen LogP contribution in [0.1, 0.15) is 5.69 Å². The van der Waals surface area contributed by atoms with E-state index in [0.717, 1.165) is 0 Å². The van der Waals surface area contributed by atoms with Crippen molar-refractivity contribution >= 4 is 34.7 Å². The lowest BCUT2D eigenvalue weighted by Gasteiger charge is -2.09. The Bertz CT molecular complexity index is 915. The Morgan fingerprint density at radius 2 is 2.00 bits per heavy atom. The molecule has 0 aliphatic rings. The summed E-state index contributed by atoms with van der Waals surface area (Å²) in [6, 6.07) is 12.4. The molecular formula is C18H13F3N2OS2. The number of carbonyl (C=O) groups is 1. The molecule has 1 aromatic heterocycles. The molecule has 1 heterocycles. The highest BCUT2D eigenvalue weighted by Crippen LogP contribution is 2.31. The monoisotopic (exact) mass is 394 g/mol. The molecule has 0 atom stereocenters. The van der Waals surface area contributed by atoms with E-state index < -0.39 is 5.76 Å². The van der Waals surface area contributed by atoms with Crippen LogP contribution in [-0.2, 0) is 11.2 Å². The Morgan fingerprint density at radius 1 is 1.19 bits per heavy atom. The minimum Gasteiger partial charge on any atom is -0.325 e. The zero-order chi connectivity index (χ0) is 18.5. The number of halogens is 3. The van der Waals surface area contributed by atoms with Crippen LogP contribution in [0, 0.1) is 5.82 Å². The van der Waals surface area contributed by atoms with Crippen molar-refractivity contribution in [2.75, 3.05) is 5.32 Å². The molecule has 0 fully saturated rings. The van der Waals surface area contributed by atoms with Crippen LogP contribution in [-0.4, -0.2) is 16.6 Å². The number of amides is 1. The Labute approximate surface area is 156 Å². The standard InChI is InChI=1S/C18H13F3N2OS2/c19-12-5-3-4-11(8-12)17-22-13(10-25-17)9-16(24)23-14-6-1-2-7-15(14)26-18(20)21/h1-8,10,18H,9H2,(H,23,24). The number of hydrogen-bond donors (Lipinski definition) is 1. The molecule has 0 spiro atoms. The van der Waals surface area contributed by atoms with Crippen LogP contribution in [0.3, 0.4) is 0 Å². The van der Waals surface area contributed by atoms with E-state index in [1.165, 1.54) is 29.5 Å². The van der Waals surface area contributed by atoms with Crippen LogP contribution in [0.5, 0.6) is 0 Å². The molecule has 134 valence electrons. The van der Waals surface area contributed by atoms with Gasteiger partial charge in [-0.2, -0.15) is 8.78 Å². The number of hydrogen-bond acceptors (Lipinski definition) is 4. The highest BCUT2D eigenvalue weighted by atomic mass is 32.2. The molecule has 3 nitrogen and oxygen atoms in total. The number of alkyl halides is 2. The molecule has 0 unspecified atom stereocenters. The molecule has 0 aliphatic carbocycles. The number of para-hydroxylation sites is 1. The van der Waals surface area contributed by atoms with E-state index in [2.05, 4.69) is 10.3 Å². The molecule has 3 aromatic rings. The van der Waals surface area contributed by atoms with Gasteiger partial charge in [0.15, 0.2) is 0 Å². The number of nitrogens with one attached hydrogen (secondary N) is 1. The lowest BCUT2D eigenvalue weighted by molar-refractivity contribution is -0.115. The SMILES string of the molecule is O=C(Cc1csc(-c2cccc(F)c2)n1)Nc1ccccc1SC(F)F. The van der Waals surface area contributed by atoms with Crippen molar-refractivity contribution in [3.05, 3.63) is 65.4 Å². The smallest absolute Gasteiger partial charge is 0.288 e. The average Bonchev–Trinajstić information content (AvgIpc) is 3.04. The summed E-state index contributed by atoms with van der Waals surface area (Å²) in [7, 11) is 0. The highest BCUT2D eigenvalue weighted by Gasteiger charge is 2.13. The van der Waals surface area contributed by atoms with E-state index in [4.69, 9.17) is 0 Å². The van der Waals surface area contributed by atoms with Gasteiger partial charge in [-0.25, -0.2) is 9.37 Å². The number of thiazole rings is 1. The summed E-state index contributed by atoms with van der Waals surface area (Å²) in [4.78, 5) is 16.9.